The zero-order chi connectivity index (χ0) is 14.0. The first-order chi connectivity index (χ1) is 8.12. The van der Waals surface area contributed by atoms with Gasteiger partial charge in [0.25, 0.3) is 20.2 Å². The zero-order valence-electron chi connectivity index (χ0n) is 10.0. The smallest absolute Gasteiger partial charge is 0.375 e. The van der Waals surface area contributed by atoms with E-state index in [-0.39, 0.29) is 35.1 Å². The van der Waals surface area contributed by atoms with Crippen LogP contribution in [0, 0.1) is 0 Å². The molecule has 0 fully saturated rings. The molecule has 0 aliphatic heterocycles. The Labute approximate surface area is 133 Å². The van der Waals surface area contributed by atoms with Crippen molar-refractivity contribution in [1.82, 2.24) is 0 Å². The summed E-state index contributed by atoms with van der Waals surface area (Å²) in [5.41, 5.74) is -2.17. The topological polar surface area (TPSA) is 129 Å². The molecule has 102 valence electrons. The van der Waals surface area contributed by atoms with Gasteiger partial charge in [-0.25, -0.2) is 0 Å². The molecule has 2 unspecified atom stereocenters. The van der Waals surface area contributed by atoms with E-state index in [4.69, 9.17) is 14.2 Å². The van der Waals surface area contributed by atoms with Crippen LogP contribution in [0.5, 0.6) is 0 Å². The Balaban J connectivity index is 0.00000324. The van der Waals surface area contributed by atoms with Crippen LogP contribution in [0.4, 0.5) is 0 Å². The number of aliphatic hydroxyl groups is 1. The average Bonchev–Trinajstić information content (AvgIpc) is 2.23. The molecule has 1 rings (SSSR count). The standard InChI is InChI=1S/C9H12O7S2.Na/c10-9(18(14,15)16)6-8(17(11,12)13)7-4-2-1-3-5-7;/h1-5,8-10H,6H2,(H,11,12,13)(H,14,15,16);/q;+1. The molecule has 7 nitrogen and oxygen atoms in total. The van der Waals surface area contributed by atoms with E-state index in [1.54, 1.807) is 6.07 Å². The van der Waals surface area contributed by atoms with Crippen molar-refractivity contribution in [2.45, 2.75) is 17.1 Å². The first-order valence-electron chi connectivity index (χ1n) is 4.78. The van der Waals surface area contributed by atoms with Crippen molar-refractivity contribution in [2.24, 2.45) is 0 Å². The number of hydrogen-bond donors (Lipinski definition) is 3. The Kier molecular flexibility index (Phi) is 7.14. The minimum Gasteiger partial charge on any atom is -0.375 e. The Morgan fingerprint density at radius 2 is 1.42 bits per heavy atom. The van der Waals surface area contributed by atoms with Gasteiger partial charge in [-0.05, 0) is 5.56 Å². The second-order valence-corrected chi connectivity index (χ2v) is 6.79. The molecule has 0 amide bonds. The number of rotatable bonds is 5. The van der Waals surface area contributed by atoms with Gasteiger partial charge in [0.1, 0.15) is 5.25 Å². The predicted octanol–water partition coefficient (Wildman–Crippen LogP) is -2.78. The summed E-state index contributed by atoms with van der Waals surface area (Å²) in [6.07, 6.45) is -0.859. The van der Waals surface area contributed by atoms with Gasteiger partial charge in [-0.1, -0.05) is 30.3 Å². The number of benzene rings is 1. The summed E-state index contributed by atoms with van der Waals surface area (Å²) < 4.78 is 61.3. The first-order valence-corrected chi connectivity index (χ1v) is 7.78. The van der Waals surface area contributed by atoms with Gasteiger partial charge in [0, 0.05) is 6.42 Å². The van der Waals surface area contributed by atoms with Gasteiger partial charge >= 0.3 is 29.6 Å². The summed E-state index contributed by atoms with van der Waals surface area (Å²) in [4.78, 5) is 0. The van der Waals surface area contributed by atoms with Gasteiger partial charge in [-0.15, -0.1) is 0 Å². The maximum absolute atomic E-state index is 11.2. The fraction of sp³-hybridized carbons (Fsp3) is 0.333. The van der Waals surface area contributed by atoms with Crippen LogP contribution >= 0.6 is 0 Å². The van der Waals surface area contributed by atoms with E-state index < -0.39 is 37.3 Å². The van der Waals surface area contributed by atoms with Crippen LogP contribution in [0.2, 0.25) is 0 Å². The number of hydrogen-bond acceptors (Lipinski definition) is 5. The van der Waals surface area contributed by atoms with E-state index in [2.05, 4.69) is 0 Å². The summed E-state index contributed by atoms with van der Waals surface area (Å²) in [5, 5.41) is 7.54. The molecule has 0 saturated heterocycles. The van der Waals surface area contributed by atoms with Crippen molar-refractivity contribution in [3.05, 3.63) is 35.9 Å². The van der Waals surface area contributed by atoms with Gasteiger partial charge in [-0.3, -0.25) is 9.11 Å². The molecule has 0 radical (unpaired) electrons. The molecule has 0 aromatic heterocycles. The van der Waals surface area contributed by atoms with Crippen LogP contribution < -0.4 is 29.6 Å². The van der Waals surface area contributed by atoms with Crippen molar-refractivity contribution in [2.75, 3.05) is 0 Å². The summed E-state index contributed by atoms with van der Waals surface area (Å²) >= 11 is 0. The molecule has 0 heterocycles. The summed E-state index contributed by atoms with van der Waals surface area (Å²) in [7, 11) is -9.40. The third kappa shape index (κ3) is 5.88. The Morgan fingerprint density at radius 1 is 0.947 bits per heavy atom. The predicted molar refractivity (Wildman–Crippen MR) is 62.9 cm³/mol. The van der Waals surface area contributed by atoms with Gasteiger partial charge < -0.3 is 5.11 Å². The summed E-state index contributed by atoms with van der Waals surface area (Å²) in [5.74, 6) is 0. The average molecular weight is 319 g/mol. The van der Waals surface area contributed by atoms with Gasteiger partial charge in [0.05, 0.1) is 0 Å². The van der Waals surface area contributed by atoms with E-state index in [9.17, 15) is 16.8 Å². The van der Waals surface area contributed by atoms with E-state index in [1.807, 2.05) is 0 Å². The molecule has 0 saturated carbocycles. The Bertz CT molecular complexity index is 597. The van der Waals surface area contributed by atoms with Crippen LogP contribution in [-0.4, -0.2) is 36.5 Å². The SMILES string of the molecule is O=S(=O)(O)C(O)CC(c1ccccc1)S(=O)(=O)O.[Na+]. The first kappa shape index (κ1) is 19.0. The minimum atomic E-state index is -4.79. The monoisotopic (exact) mass is 319 g/mol. The van der Waals surface area contributed by atoms with Gasteiger partial charge in [0.15, 0.2) is 5.44 Å². The molecular weight excluding hydrogens is 307 g/mol. The van der Waals surface area contributed by atoms with Crippen molar-refractivity contribution in [3.63, 3.8) is 0 Å². The molecule has 0 aliphatic rings. The molecule has 1 aromatic rings. The fourth-order valence-corrected chi connectivity index (χ4v) is 2.89. The molecule has 0 bridgehead atoms. The van der Waals surface area contributed by atoms with Crippen LogP contribution in [0.1, 0.15) is 17.2 Å². The molecule has 19 heavy (non-hydrogen) atoms. The van der Waals surface area contributed by atoms with E-state index in [0.717, 1.165) is 0 Å². The van der Waals surface area contributed by atoms with Crippen molar-refractivity contribution < 1.29 is 60.6 Å². The summed E-state index contributed by atoms with van der Waals surface area (Å²) in [6.45, 7) is 0. The largest absolute Gasteiger partial charge is 1.00 e. The van der Waals surface area contributed by atoms with Crippen LogP contribution in [-0.2, 0) is 20.2 Å². The molecule has 3 N–H and O–H groups in total. The van der Waals surface area contributed by atoms with E-state index >= 15 is 0 Å². The molecule has 2 atom stereocenters. The Morgan fingerprint density at radius 3 is 1.79 bits per heavy atom. The molecule has 0 spiro atoms. The molecule has 10 heteroatoms. The fourth-order valence-electron chi connectivity index (χ4n) is 1.40. The van der Waals surface area contributed by atoms with Crippen LogP contribution in [0.25, 0.3) is 0 Å². The molecule has 1 aromatic carbocycles. The number of aliphatic hydroxyl groups excluding tert-OH is 1. The third-order valence-electron chi connectivity index (χ3n) is 2.29. The van der Waals surface area contributed by atoms with Crippen molar-refractivity contribution in [3.8, 4) is 0 Å². The van der Waals surface area contributed by atoms with E-state index in [1.165, 1.54) is 24.3 Å². The van der Waals surface area contributed by atoms with Gasteiger partial charge in [-0.2, -0.15) is 16.8 Å². The molecular formula is C9H12NaO7S2+. The van der Waals surface area contributed by atoms with Crippen molar-refractivity contribution >= 4 is 20.2 Å². The maximum Gasteiger partial charge on any atom is 1.00 e. The van der Waals surface area contributed by atoms with E-state index in [0.29, 0.717) is 0 Å². The normalized spacial score (nSPS) is 15.3. The second-order valence-electron chi connectivity index (χ2n) is 3.62. The quantitative estimate of drug-likeness (QED) is 0.395. The van der Waals surface area contributed by atoms with Crippen LogP contribution in [0.15, 0.2) is 30.3 Å². The van der Waals surface area contributed by atoms with Gasteiger partial charge in [0.2, 0.25) is 0 Å². The zero-order valence-corrected chi connectivity index (χ0v) is 13.7. The minimum absolute atomic E-state index is 0. The maximum atomic E-state index is 11.2. The molecule has 0 aliphatic carbocycles. The van der Waals surface area contributed by atoms with Crippen LogP contribution in [0.3, 0.4) is 0 Å². The summed E-state index contributed by atoms with van der Waals surface area (Å²) in [6, 6.07) is 7.30. The Hall–Kier alpha value is 0. The second kappa shape index (κ2) is 7.14. The van der Waals surface area contributed by atoms with Crippen molar-refractivity contribution in [1.29, 1.82) is 0 Å². The third-order valence-corrected chi connectivity index (χ3v) is 4.35.